The zero-order chi connectivity index (χ0) is 24.0. The molecule has 9 heteroatoms. The van der Waals surface area contributed by atoms with Gasteiger partial charge in [0.15, 0.2) is 0 Å². The number of aliphatic carboxylic acids is 1. The lowest BCUT2D eigenvalue weighted by Gasteiger charge is -2.47. The van der Waals surface area contributed by atoms with Gasteiger partial charge in [0.25, 0.3) is 0 Å². The number of hydrogen-bond acceptors (Lipinski definition) is 6. The number of likely N-dealkylation sites (tertiary alicyclic amines) is 1. The van der Waals surface area contributed by atoms with Gasteiger partial charge in [0, 0.05) is 42.1 Å². The number of β-lactam (4-membered cyclic amide) rings is 1. The molecular formula is C24H35N3O5S. The highest BCUT2D eigenvalue weighted by molar-refractivity contribution is 8.03. The molecule has 4 aliphatic heterocycles. The van der Waals surface area contributed by atoms with Gasteiger partial charge in [-0.3, -0.25) is 9.59 Å². The number of thioether (sulfide) groups is 1. The fourth-order valence-electron chi connectivity index (χ4n) is 6.09. The van der Waals surface area contributed by atoms with Crippen LogP contribution in [-0.2, 0) is 19.2 Å². The molecule has 2 amide bonds. The molecule has 0 aromatic carbocycles. The van der Waals surface area contributed by atoms with Crippen LogP contribution in [0, 0.1) is 23.7 Å². The monoisotopic (exact) mass is 477 g/mol. The smallest absolute Gasteiger partial charge is 0.353 e. The molecule has 0 bridgehead atoms. The van der Waals surface area contributed by atoms with E-state index < -0.39 is 5.97 Å². The highest BCUT2D eigenvalue weighted by Gasteiger charge is 2.60. The van der Waals surface area contributed by atoms with Crippen molar-refractivity contribution in [3.8, 4) is 0 Å². The number of nitrogens with zero attached hydrogens (tertiary/aromatic N) is 2. The second-order valence-corrected chi connectivity index (χ2v) is 11.5. The van der Waals surface area contributed by atoms with Crippen molar-refractivity contribution in [1.82, 2.24) is 15.1 Å². The third-order valence-corrected chi connectivity index (χ3v) is 9.38. The van der Waals surface area contributed by atoms with Gasteiger partial charge in [0.2, 0.25) is 11.8 Å². The molecule has 3 fully saturated rings. The van der Waals surface area contributed by atoms with Crippen molar-refractivity contribution in [3.05, 3.63) is 10.6 Å². The van der Waals surface area contributed by atoms with Crippen LogP contribution >= 0.6 is 11.8 Å². The predicted molar refractivity (Wildman–Crippen MR) is 125 cm³/mol. The first-order chi connectivity index (χ1) is 15.6. The fourth-order valence-corrected chi connectivity index (χ4v) is 7.57. The Balaban J connectivity index is 1.43. The second kappa shape index (κ2) is 9.41. The number of hydrogen-bond donors (Lipinski definition) is 2. The summed E-state index contributed by atoms with van der Waals surface area (Å²) in [5.41, 5.74) is 0.0916. The van der Waals surface area contributed by atoms with Crippen molar-refractivity contribution >= 4 is 35.3 Å². The summed E-state index contributed by atoms with van der Waals surface area (Å²) in [6.45, 7) is 9.85. The minimum Gasteiger partial charge on any atom is -0.477 e. The number of ketones is 1. The van der Waals surface area contributed by atoms with Crippen molar-refractivity contribution in [2.45, 2.75) is 70.7 Å². The van der Waals surface area contributed by atoms with Gasteiger partial charge in [0.05, 0.1) is 18.0 Å². The zero-order valence-corrected chi connectivity index (χ0v) is 20.7. The first-order valence-corrected chi connectivity index (χ1v) is 13.0. The quantitative estimate of drug-likeness (QED) is 0.516. The molecule has 4 rings (SSSR count). The first kappa shape index (κ1) is 24.3. The lowest BCUT2D eigenvalue weighted by Crippen LogP contribution is -2.62. The van der Waals surface area contributed by atoms with E-state index in [1.54, 1.807) is 0 Å². The lowest BCUT2D eigenvalue weighted by molar-refractivity contribution is -0.160. The van der Waals surface area contributed by atoms with Crippen LogP contribution in [-0.4, -0.2) is 75.4 Å². The molecule has 8 nitrogen and oxygen atoms in total. The third-order valence-electron chi connectivity index (χ3n) is 7.87. The average Bonchev–Trinajstić information content (AvgIpc) is 3.46. The molecule has 0 radical (unpaired) electrons. The Labute approximate surface area is 199 Å². The Morgan fingerprint density at radius 2 is 2.03 bits per heavy atom. The number of rotatable bonds is 8. The predicted octanol–water partition coefficient (Wildman–Crippen LogP) is 2.10. The van der Waals surface area contributed by atoms with E-state index in [0.717, 1.165) is 30.8 Å². The number of fused-ring (bicyclic) bond motifs is 1. The number of carbonyl (C=O) groups is 4. The Bertz CT molecular complexity index is 889. The molecule has 0 aromatic heterocycles. The minimum atomic E-state index is -1.08. The summed E-state index contributed by atoms with van der Waals surface area (Å²) in [7, 11) is 0. The molecule has 4 aliphatic rings. The van der Waals surface area contributed by atoms with Gasteiger partial charge < -0.3 is 25.0 Å². The maximum atomic E-state index is 13.0. The van der Waals surface area contributed by atoms with E-state index in [0.29, 0.717) is 25.3 Å². The normalized spacial score (nSPS) is 34.5. The number of amides is 2. The number of carboxylic acid groups (broad SMARTS) is 1. The van der Waals surface area contributed by atoms with Crippen LogP contribution in [0.25, 0.3) is 0 Å². The molecule has 2 N–H and O–H groups in total. The van der Waals surface area contributed by atoms with Crippen molar-refractivity contribution in [2.24, 2.45) is 23.7 Å². The Morgan fingerprint density at radius 3 is 2.64 bits per heavy atom. The van der Waals surface area contributed by atoms with E-state index in [2.05, 4.69) is 12.2 Å². The van der Waals surface area contributed by atoms with Crippen LogP contribution in [0.5, 0.6) is 0 Å². The topological polar surface area (TPSA) is 107 Å². The SMILES string of the molecule is CC[C@H]1CCN(C(=O)[C@@H]2C[C@H](SC3=C(C(=O)O)N4C(=O)[C@H]([C@@H](C)CC(C)=O)[C@H]4[C@H]3C)CN2)C1. The van der Waals surface area contributed by atoms with E-state index in [1.165, 1.54) is 23.6 Å². The minimum absolute atomic E-state index is 0.0383. The summed E-state index contributed by atoms with van der Waals surface area (Å²) in [6.07, 6.45) is 3.13. The summed E-state index contributed by atoms with van der Waals surface area (Å²) < 4.78 is 0. The molecule has 3 saturated heterocycles. The molecule has 0 aliphatic carbocycles. The first-order valence-electron chi connectivity index (χ1n) is 12.1. The number of carbonyl (C=O) groups excluding carboxylic acids is 3. The van der Waals surface area contributed by atoms with Gasteiger partial charge in [-0.15, -0.1) is 11.8 Å². The summed E-state index contributed by atoms with van der Waals surface area (Å²) in [5, 5.41) is 13.3. The molecule has 0 saturated carbocycles. The average molecular weight is 478 g/mol. The maximum Gasteiger partial charge on any atom is 0.353 e. The largest absolute Gasteiger partial charge is 0.477 e. The van der Waals surface area contributed by atoms with E-state index >= 15 is 0 Å². The van der Waals surface area contributed by atoms with Crippen LogP contribution in [0.2, 0.25) is 0 Å². The summed E-state index contributed by atoms with van der Waals surface area (Å²) in [5.74, 6) is -1.03. The van der Waals surface area contributed by atoms with Crippen LogP contribution in [0.3, 0.4) is 0 Å². The molecule has 0 spiro atoms. The van der Waals surface area contributed by atoms with Crippen molar-refractivity contribution in [1.29, 1.82) is 0 Å². The molecule has 182 valence electrons. The van der Waals surface area contributed by atoms with E-state index in [9.17, 15) is 24.3 Å². The summed E-state index contributed by atoms with van der Waals surface area (Å²) in [6, 6.07) is -0.437. The molecule has 0 unspecified atom stereocenters. The van der Waals surface area contributed by atoms with Crippen LogP contribution in [0.4, 0.5) is 0 Å². The van der Waals surface area contributed by atoms with Gasteiger partial charge in [0.1, 0.15) is 11.5 Å². The second-order valence-electron chi connectivity index (χ2n) is 10.2. The number of Topliss-reactive ketones (excluding diaryl/α,β-unsaturated/α-hetero) is 1. The standard InChI is InChI=1S/C24H35N3O5S/c1-5-15-6-7-26(11-15)22(29)17-9-16(10-25-17)33-21-14(4)19-18(12(2)8-13(3)28)23(30)27(19)20(21)24(31)32/h12,14-19,25H,5-11H2,1-4H3,(H,31,32)/t12-,14+,15-,16-,17-,18+,19+/m0/s1. The fraction of sp³-hybridized carbons (Fsp3) is 0.750. The molecule has 33 heavy (non-hydrogen) atoms. The Kier molecular flexibility index (Phi) is 6.92. The molecular weight excluding hydrogens is 442 g/mol. The van der Waals surface area contributed by atoms with Crippen molar-refractivity contribution in [3.63, 3.8) is 0 Å². The van der Waals surface area contributed by atoms with Gasteiger partial charge >= 0.3 is 5.97 Å². The van der Waals surface area contributed by atoms with Crippen LogP contribution < -0.4 is 5.32 Å². The number of carboxylic acids is 1. The third kappa shape index (κ3) is 4.34. The van der Waals surface area contributed by atoms with Gasteiger partial charge in [-0.2, -0.15) is 0 Å². The Morgan fingerprint density at radius 1 is 1.30 bits per heavy atom. The maximum absolute atomic E-state index is 13.0. The highest BCUT2D eigenvalue weighted by Crippen LogP contribution is 2.53. The van der Waals surface area contributed by atoms with Crippen LogP contribution in [0.15, 0.2) is 10.6 Å². The van der Waals surface area contributed by atoms with Crippen LogP contribution in [0.1, 0.15) is 53.4 Å². The highest BCUT2D eigenvalue weighted by atomic mass is 32.2. The number of nitrogens with one attached hydrogen (secondary N) is 1. The van der Waals surface area contributed by atoms with Gasteiger partial charge in [-0.1, -0.05) is 27.2 Å². The van der Waals surface area contributed by atoms with Gasteiger partial charge in [-0.25, -0.2) is 4.79 Å². The molecule has 4 heterocycles. The Hall–Kier alpha value is -1.87. The lowest BCUT2D eigenvalue weighted by atomic mass is 9.73. The summed E-state index contributed by atoms with van der Waals surface area (Å²) >= 11 is 1.51. The summed E-state index contributed by atoms with van der Waals surface area (Å²) in [4.78, 5) is 53.7. The van der Waals surface area contributed by atoms with E-state index in [4.69, 9.17) is 0 Å². The van der Waals surface area contributed by atoms with Crippen molar-refractivity contribution in [2.75, 3.05) is 19.6 Å². The zero-order valence-electron chi connectivity index (χ0n) is 19.9. The van der Waals surface area contributed by atoms with E-state index in [1.807, 2.05) is 18.7 Å². The molecule has 7 atom stereocenters. The van der Waals surface area contributed by atoms with Gasteiger partial charge in [-0.05, 0) is 31.6 Å². The van der Waals surface area contributed by atoms with Crippen molar-refractivity contribution < 1.29 is 24.3 Å². The van der Waals surface area contributed by atoms with E-state index in [-0.39, 0.29) is 58.4 Å². The molecule has 0 aromatic rings.